The van der Waals surface area contributed by atoms with Gasteiger partial charge in [0.1, 0.15) is 5.56 Å². The van der Waals surface area contributed by atoms with E-state index in [9.17, 15) is 9.90 Å². The number of nitrogens with zero attached hydrogens (tertiary/aromatic N) is 1. The van der Waals surface area contributed by atoms with Crippen molar-refractivity contribution >= 4 is 23.3 Å². The van der Waals surface area contributed by atoms with E-state index in [2.05, 4.69) is 17.0 Å². The van der Waals surface area contributed by atoms with Gasteiger partial charge in [-0.2, -0.15) is 0 Å². The Balaban J connectivity index is 1.81. The highest BCUT2D eigenvalue weighted by Gasteiger charge is 2.31. The molecule has 0 aliphatic carbocycles. The Morgan fingerprint density at radius 1 is 1.10 bits per heavy atom. The topological polar surface area (TPSA) is 40.5 Å². The van der Waals surface area contributed by atoms with Gasteiger partial charge in [-0.25, -0.2) is 4.79 Å². The van der Waals surface area contributed by atoms with Crippen LogP contribution in [-0.2, 0) is 0 Å². The zero-order chi connectivity index (χ0) is 14.1. The van der Waals surface area contributed by atoms with Crippen LogP contribution in [0.5, 0.6) is 0 Å². The third kappa shape index (κ3) is 2.25. The molecule has 0 saturated carbocycles. The second-order valence-corrected chi connectivity index (χ2v) is 5.36. The number of benzene rings is 2. The molecule has 0 amide bonds. The first kappa shape index (κ1) is 13.0. The van der Waals surface area contributed by atoms with Crippen LogP contribution >= 0.6 is 11.6 Å². The fraction of sp³-hybridized carbons (Fsp3) is 0.188. The summed E-state index contributed by atoms with van der Waals surface area (Å²) >= 11 is 6.00. The normalized spacial score (nSPS) is 14.9. The molecule has 1 aliphatic rings. The van der Waals surface area contributed by atoms with E-state index in [-0.39, 0.29) is 10.6 Å². The van der Waals surface area contributed by atoms with E-state index in [1.54, 1.807) is 12.1 Å². The molecule has 1 heterocycles. The van der Waals surface area contributed by atoms with E-state index in [4.69, 9.17) is 11.6 Å². The van der Waals surface area contributed by atoms with Crippen molar-refractivity contribution in [2.45, 2.75) is 5.92 Å². The van der Waals surface area contributed by atoms with Gasteiger partial charge in [-0.05, 0) is 17.7 Å². The zero-order valence-electron chi connectivity index (χ0n) is 10.8. The van der Waals surface area contributed by atoms with Crippen LogP contribution in [0.25, 0.3) is 0 Å². The maximum absolute atomic E-state index is 11.3. The summed E-state index contributed by atoms with van der Waals surface area (Å²) in [4.78, 5) is 13.4. The van der Waals surface area contributed by atoms with Crippen LogP contribution in [0.1, 0.15) is 21.8 Å². The summed E-state index contributed by atoms with van der Waals surface area (Å²) in [5, 5.41) is 9.58. The van der Waals surface area contributed by atoms with Crippen molar-refractivity contribution in [3.8, 4) is 0 Å². The summed E-state index contributed by atoms with van der Waals surface area (Å²) in [7, 11) is 0. The van der Waals surface area contributed by atoms with Crippen molar-refractivity contribution in [3.63, 3.8) is 0 Å². The van der Waals surface area contributed by atoms with Crippen molar-refractivity contribution in [3.05, 3.63) is 64.7 Å². The minimum Gasteiger partial charge on any atom is -0.478 e. The lowest BCUT2D eigenvalue weighted by Crippen LogP contribution is -2.45. The van der Waals surface area contributed by atoms with Gasteiger partial charge in [0.15, 0.2) is 0 Å². The molecule has 1 N–H and O–H groups in total. The third-order valence-electron chi connectivity index (χ3n) is 3.70. The highest BCUT2D eigenvalue weighted by molar-refractivity contribution is 6.34. The number of hydrogen-bond acceptors (Lipinski definition) is 2. The molecule has 1 aliphatic heterocycles. The van der Waals surface area contributed by atoms with Gasteiger partial charge in [-0.1, -0.05) is 48.0 Å². The summed E-state index contributed by atoms with van der Waals surface area (Å²) < 4.78 is 0. The Kier molecular flexibility index (Phi) is 3.36. The lowest BCUT2D eigenvalue weighted by molar-refractivity contribution is 0.0697. The average Bonchev–Trinajstić information content (AvgIpc) is 2.38. The van der Waals surface area contributed by atoms with Crippen LogP contribution in [0, 0.1) is 0 Å². The monoisotopic (exact) mass is 287 g/mol. The summed E-state index contributed by atoms with van der Waals surface area (Å²) in [5.74, 6) is -0.523. The SMILES string of the molecule is O=C(O)c1c(Cl)cccc1N1CC(c2ccccc2)C1. The molecule has 1 fully saturated rings. The number of carbonyl (C=O) groups is 1. The fourth-order valence-corrected chi connectivity index (χ4v) is 2.85. The first-order chi connectivity index (χ1) is 9.66. The molecular formula is C16H14ClNO2. The Hall–Kier alpha value is -2.00. The lowest BCUT2D eigenvalue weighted by Gasteiger charge is -2.42. The number of hydrogen-bond donors (Lipinski definition) is 1. The third-order valence-corrected chi connectivity index (χ3v) is 4.01. The van der Waals surface area contributed by atoms with Crippen LogP contribution in [0.2, 0.25) is 5.02 Å². The highest BCUT2D eigenvalue weighted by Crippen LogP contribution is 2.35. The van der Waals surface area contributed by atoms with Gasteiger partial charge >= 0.3 is 5.97 Å². The predicted molar refractivity (Wildman–Crippen MR) is 79.8 cm³/mol. The van der Waals surface area contributed by atoms with Crippen molar-refractivity contribution < 1.29 is 9.90 Å². The van der Waals surface area contributed by atoms with Gasteiger partial charge < -0.3 is 10.0 Å². The van der Waals surface area contributed by atoms with E-state index in [1.165, 1.54) is 5.56 Å². The summed E-state index contributed by atoms with van der Waals surface area (Å²) in [6, 6.07) is 15.5. The molecule has 3 rings (SSSR count). The number of anilines is 1. The van der Waals surface area contributed by atoms with E-state index in [1.807, 2.05) is 24.3 Å². The first-order valence-electron chi connectivity index (χ1n) is 6.48. The molecule has 1 saturated heterocycles. The Bertz CT molecular complexity index is 636. The van der Waals surface area contributed by atoms with Gasteiger partial charge in [0.05, 0.1) is 10.7 Å². The van der Waals surface area contributed by atoms with Gasteiger partial charge in [-0.15, -0.1) is 0 Å². The maximum atomic E-state index is 11.3. The Labute approximate surface area is 122 Å². The minimum atomic E-state index is -0.978. The first-order valence-corrected chi connectivity index (χ1v) is 6.86. The molecule has 0 atom stereocenters. The van der Waals surface area contributed by atoms with Crippen molar-refractivity contribution in [1.29, 1.82) is 0 Å². The van der Waals surface area contributed by atoms with Crippen LogP contribution < -0.4 is 4.90 Å². The maximum Gasteiger partial charge on any atom is 0.339 e. The van der Waals surface area contributed by atoms with Crippen LogP contribution in [0.15, 0.2) is 48.5 Å². The molecule has 2 aromatic carbocycles. The van der Waals surface area contributed by atoms with Crippen molar-refractivity contribution in [1.82, 2.24) is 0 Å². The van der Waals surface area contributed by atoms with Crippen molar-refractivity contribution in [2.75, 3.05) is 18.0 Å². The molecule has 20 heavy (non-hydrogen) atoms. The van der Waals surface area contributed by atoms with Crippen LogP contribution in [-0.4, -0.2) is 24.2 Å². The molecule has 2 aromatic rings. The van der Waals surface area contributed by atoms with Crippen molar-refractivity contribution in [2.24, 2.45) is 0 Å². The molecule has 102 valence electrons. The minimum absolute atomic E-state index is 0.195. The fourth-order valence-electron chi connectivity index (χ4n) is 2.60. The predicted octanol–water partition coefficient (Wildman–Crippen LogP) is 3.64. The molecule has 4 heteroatoms. The average molecular weight is 288 g/mol. The number of rotatable bonds is 3. The number of carboxylic acid groups (broad SMARTS) is 1. The highest BCUT2D eigenvalue weighted by atomic mass is 35.5. The number of aromatic carboxylic acids is 1. The smallest absolute Gasteiger partial charge is 0.339 e. The van der Waals surface area contributed by atoms with Gasteiger partial charge in [0, 0.05) is 19.0 Å². The zero-order valence-corrected chi connectivity index (χ0v) is 11.5. The lowest BCUT2D eigenvalue weighted by atomic mass is 9.90. The van der Waals surface area contributed by atoms with Crippen LogP contribution in [0.4, 0.5) is 5.69 Å². The van der Waals surface area contributed by atoms with Gasteiger partial charge in [0.25, 0.3) is 0 Å². The number of carboxylic acids is 1. The molecule has 0 unspecified atom stereocenters. The van der Waals surface area contributed by atoms with Gasteiger partial charge in [-0.3, -0.25) is 0 Å². The Morgan fingerprint density at radius 2 is 1.80 bits per heavy atom. The van der Waals surface area contributed by atoms with Gasteiger partial charge in [0.2, 0.25) is 0 Å². The molecule has 0 aromatic heterocycles. The summed E-state index contributed by atoms with van der Waals surface area (Å²) in [6.45, 7) is 1.65. The van der Waals surface area contributed by atoms with E-state index < -0.39 is 5.97 Å². The quantitative estimate of drug-likeness (QED) is 0.937. The Morgan fingerprint density at radius 3 is 2.45 bits per heavy atom. The molecule has 0 radical (unpaired) electrons. The van der Waals surface area contributed by atoms with E-state index >= 15 is 0 Å². The largest absolute Gasteiger partial charge is 0.478 e. The number of halogens is 1. The second kappa shape index (κ2) is 5.17. The second-order valence-electron chi connectivity index (χ2n) is 4.95. The van der Waals surface area contributed by atoms with E-state index in [0.717, 1.165) is 13.1 Å². The van der Waals surface area contributed by atoms with Crippen LogP contribution in [0.3, 0.4) is 0 Å². The summed E-state index contributed by atoms with van der Waals surface area (Å²) in [6.07, 6.45) is 0. The molecule has 0 spiro atoms. The molecular weight excluding hydrogens is 274 g/mol. The summed E-state index contributed by atoms with van der Waals surface area (Å²) in [5.41, 5.74) is 2.19. The molecule has 3 nitrogen and oxygen atoms in total. The van der Waals surface area contributed by atoms with E-state index in [0.29, 0.717) is 11.6 Å². The standard InChI is InChI=1S/C16H14ClNO2/c17-13-7-4-8-14(15(13)16(19)20)18-9-12(10-18)11-5-2-1-3-6-11/h1-8,12H,9-10H2,(H,19,20). The molecule has 0 bridgehead atoms.